The molecule has 34 heavy (non-hydrogen) atoms. The van der Waals surface area contributed by atoms with E-state index in [1.54, 1.807) is 0 Å². The van der Waals surface area contributed by atoms with Crippen molar-refractivity contribution in [3.05, 3.63) is 12.2 Å². The molecule has 0 amide bonds. The van der Waals surface area contributed by atoms with Crippen LogP contribution in [0.25, 0.3) is 0 Å². The molecular weight excluding hydrogens is 440 g/mol. The van der Waals surface area contributed by atoms with Crippen LogP contribution in [0.15, 0.2) is 12.2 Å². The number of carbonyl (C=O) groups is 1. The van der Waals surface area contributed by atoms with Gasteiger partial charge in [-0.2, -0.15) is 0 Å². The third kappa shape index (κ3) is 5.68. The molecule has 0 bridgehead atoms. The van der Waals surface area contributed by atoms with Crippen LogP contribution in [0, 0.1) is 11.8 Å². The van der Waals surface area contributed by atoms with Crippen LogP contribution in [0.2, 0.25) is 0 Å². The van der Waals surface area contributed by atoms with Crippen molar-refractivity contribution in [2.24, 2.45) is 11.8 Å². The van der Waals surface area contributed by atoms with Crippen molar-refractivity contribution in [1.29, 1.82) is 0 Å². The number of carbonyl (C=O) groups excluding carboxylic acids is 1. The summed E-state index contributed by atoms with van der Waals surface area (Å²) in [5.41, 5.74) is 1.02. The van der Waals surface area contributed by atoms with Crippen molar-refractivity contribution in [3.63, 3.8) is 0 Å². The predicted molar refractivity (Wildman–Crippen MR) is 124 cm³/mol. The van der Waals surface area contributed by atoms with Crippen LogP contribution in [-0.4, -0.2) is 79.4 Å². The highest BCUT2D eigenvalue weighted by Crippen LogP contribution is 2.42. The third-order valence-electron chi connectivity index (χ3n) is 8.02. The quantitative estimate of drug-likeness (QED) is 0.472. The summed E-state index contributed by atoms with van der Waals surface area (Å²) in [7, 11) is 1.40. The Morgan fingerprint density at radius 2 is 1.91 bits per heavy atom. The van der Waals surface area contributed by atoms with Crippen LogP contribution in [0.4, 0.5) is 0 Å². The van der Waals surface area contributed by atoms with E-state index in [1.807, 2.05) is 20.8 Å². The minimum absolute atomic E-state index is 0.0455. The number of fused-ring (bicyclic) bond motifs is 2. The molecule has 0 radical (unpaired) electrons. The van der Waals surface area contributed by atoms with Crippen LogP contribution >= 0.6 is 0 Å². The van der Waals surface area contributed by atoms with E-state index in [9.17, 15) is 9.90 Å². The minimum Gasteiger partial charge on any atom is -0.469 e. The van der Waals surface area contributed by atoms with Crippen LogP contribution in [0.3, 0.4) is 0 Å². The minimum atomic E-state index is -0.667. The molecule has 8 heteroatoms. The summed E-state index contributed by atoms with van der Waals surface area (Å²) in [6.07, 6.45) is 1.93. The van der Waals surface area contributed by atoms with Crippen molar-refractivity contribution < 1.29 is 38.3 Å². The summed E-state index contributed by atoms with van der Waals surface area (Å²) >= 11 is 0. The van der Waals surface area contributed by atoms with E-state index < -0.39 is 11.9 Å². The van der Waals surface area contributed by atoms with E-state index in [4.69, 9.17) is 28.4 Å². The van der Waals surface area contributed by atoms with E-state index >= 15 is 0 Å². The zero-order valence-corrected chi connectivity index (χ0v) is 21.2. The summed E-state index contributed by atoms with van der Waals surface area (Å²) in [6.45, 7) is 12.9. The van der Waals surface area contributed by atoms with Gasteiger partial charge in [0, 0.05) is 25.2 Å². The molecule has 0 aliphatic carbocycles. The molecular formula is C26H42O8. The standard InChI is InChI=1S/C26H42O8/c1-14-11-17(7-8-23(27)29-6)31-19(15(14)2)12-21-24(28)16(3)25-22(32-21)13-20-18(33-25)9-10-30-26(4,5)34-20/h14,16-22,24-25,28H,2,7-13H2,1,3-6H3/t14-,16-,17+,18-,19-,20-,21+,22+,24-,25+/m1/s1. The Bertz CT molecular complexity index is 738. The largest absolute Gasteiger partial charge is 0.469 e. The Labute approximate surface area is 203 Å². The smallest absolute Gasteiger partial charge is 0.305 e. The van der Waals surface area contributed by atoms with E-state index in [-0.39, 0.29) is 60.5 Å². The topological polar surface area (TPSA) is 92.7 Å². The molecule has 4 saturated heterocycles. The Hall–Kier alpha value is -1.03. The second kappa shape index (κ2) is 10.5. The molecule has 4 rings (SSSR count). The first-order valence-corrected chi connectivity index (χ1v) is 12.8. The molecule has 4 aliphatic rings. The van der Waals surface area contributed by atoms with Gasteiger partial charge in [-0.25, -0.2) is 0 Å². The Balaban J connectivity index is 1.41. The van der Waals surface area contributed by atoms with Gasteiger partial charge in [0.25, 0.3) is 0 Å². The molecule has 0 aromatic carbocycles. The molecule has 0 aromatic heterocycles. The number of aliphatic hydroxyl groups excluding tert-OH is 1. The fraction of sp³-hybridized carbons (Fsp3) is 0.885. The summed E-state index contributed by atoms with van der Waals surface area (Å²) in [6, 6.07) is 0. The van der Waals surface area contributed by atoms with Gasteiger partial charge in [-0.15, -0.1) is 0 Å². The molecule has 8 nitrogen and oxygen atoms in total. The van der Waals surface area contributed by atoms with Crippen molar-refractivity contribution in [2.45, 2.75) is 121 Å². The monoisotopic (exact) mass is 482 g/mol. The van der Waals surface area contributed by atoms with Crippen LogP contribution < -0.4 is 0 Å². The second-order valence-corrected chi connectivity index (χ2v) is 10.9. The van der Waals surface area contributed by atoms with Gasteiger partial charge >= 0.3 is 5.97 Å². The summed E-state index contributed by atoms with van der Waals surface area (Å²) in [5, 5.41) is 11.2. The molecule has 4 aliphatic heterocycles. The lowest BCUT2D eigenvalue weighted by molar-refractivity contribution is -0.294. The summed E-state index contributed by atoms with van der Waals surface area (Å²) in [4.78, 5) is 11.6. The highest BCUT2D eigenvalue weighted by molar-refractivity contribution is 5.69. The van der Waals surface area contributed by atoms with Crippen molar-refractivity contribution >= 4 is 5.97 Å². The van der Waals surface area contributed by atoms with Crippen molar-refractivity contribution in [3.8, 4) is 0 Å². The van der Waals surface area contributed by atoms with Gasteiger partial charge < -0.3 is 33.5 Å². The highest BCUT2D eigenvalue weighted by Gasteiger charge is 2.51. The molecule has 4 fully saturated rings. The molecule has 0 aromatic rings. The van der Waals surface area contributed by atoms with E-state index in [0.29, 0.717) is 32.3 Å². The van der Waals surface area contributed by atoms with Crippen LogP contribution in [0.1, 0.15) is 66.2 Å². The zero-order chi connectivity index (χ0) is 24.6. The van der Waals surface area contributed by atoms with Gasteiger partial charge in [0.2, 0.25) is 0 Å². The number of aliphatic hydroxyl groups is 1. The van der Waals surface area contributed by atoms with Gasteiger partial charge in [-0.1, -0.05) is 20.4 Å². The van der Waals surface area contributed by atoms with E-state index in [2.05, 4.69) is 13.5 Å². The number of hydrogen-bond acceptors (Lipinski definition) is 8. The normalized spacial score (nSPS) is 44.5. The Kier molecular flexibility index (Phi) is 8.06. The molecule has 194 valence electrons. The molecule has 0 unspecified atom stereocenters. The number of rotatable bonds is 5. The van der Waals surface area contributed by atoms with Gasteiger partial charge in [-0.05, 0) is 44.6 Å². The van der Waals surface area contributed by atoms with Gasteiger partial charge in [0.05, 0.1) is 62.5 Å². The fourth-order valence-corrected chi connectivity index (χ4v) is 5.94. The zero-order valence-electron chi connectivity index (χ0n) is 21.2. The maximum Gasteiger partial charge on any atom is 0.305 e. The molecule has 1 N–H and O–H groups in total. The first kappa shape index (κ1) is 26.0. The lowest BCUT2D eigenvalue weighted by Gasteiger charge is -2.50. The first-order chi connectivity index (χ1) is 16.1. The predicted octanol–water partition coefficient (Wildman–Crippen LogP) is 3.14. The maximum absolute atomic E-state index is 11.6. The van der Waals surface area contributed by atoms with Gasteiger partial charge in [0.1, 0.15) is 0 Å². The van der Waals surface area contributed by atoms with Gasteiger partial charge in [-0.3, -0.25) is 4.79 Å². The molecule has 0 saturated carbocycles. The van der Waals surface area contributed by atoms with E-state index in [0.717, 1.165) is 18.4 Å². The second-order valence-electron chi connectivity index (χ2n) is 10.9. The van der Waals surface area contributed by atoms with Gasteiger partial charge in [0.15, 0.2) is 5.79 Å². The van der Waals surface area contributed by atoms with E-state index in [1.165, 1.54) is 7.11 Å². The molecule has 0 spiro atoms. The Morgan fingerprint density at radius 3 is 2.65 bits per heavy atom. The maximum atomic E-state index is 11.6. The summed E-state index contributed by atoms with van der Waals surface area (Å²) < 4.78 is 36.1. The van der Waals surface area contributed by atoms with Crippen molar-refractivity contribution in [2.75, 3.05) is 13.7 Å². The lowest BCUT2D eigenvalue weighted by Crippen LogP contribution is -2.61. The van der Waals surface area contributed by atoms with Crippen LogP contribution in [-0.2, 0) is 33.2 Å². The number of methoxy groups -OCH3 is 1. The average molecular weight is 483 g/mol. The van der Waals surface area contributed by atoms with Crippen LogP contribution in [0.5, 0.6) is 0 Å². The number of hydrogen-bond donors (Lipinski definition) is 1. The molecule has 4 heterocycles. The Morgan fingerprint density at radius 1 is 1.15 bits per heavy atom. The first-order valence-electron chi connectivity index (χ1n) is 12.8. The SMILES string of the molecule is C=C1[C@H](C)C[C@H](CCC(=O)OC)O[C@@H]1C[C@@H]1O[C@H]2C[C@H]3OC(C)(C)OCC[C@H]3O[C@H]2[C@H](C)[C@H]1O. The summed E-state index contributed by atoms with van der Waals surface area (Å²) in [5.74, 6) is -0.690. The third-order valence-corrected chi connectivity index (χ3v) is 8.02. The highest BCUT2D eigenvalue weighted by atomic mass is 16.7. The number of esters is 1. The molecule has 10 atom stereocenters. The van der Waals surface area contributed by atoms with Crippen molar-refractivity contribution in [1.82, 2.24) is 0 Å². The number of ether oxygens (including phenoxy) is 6. The fourth-order valence-electron chi connectivity index (χ4n) is 5.94. The lowest BCUT2D eigenvalue weighted by atomic mass is 9.79. The average Bonchev–Trinajstić information content (AvgIpc) is 2.93.